The fourth-order valence-electron chi connectivity index (χ4n) is 6.79. The maximum Gasteiger partial charge on any atom is 0.353 e. The number of piperidine rings is 1. The second kappa shape index (κ2) is 10.1. The van der Waals surface area contributed by atoms with Gasteiger partial charge in [-0.25, -0.2) is 4.79 Å². The minimum atomic E-state index is -3.19. The summed E-state index contributed by atoms with van der Waals surface area (Å²) in [7, 11) is 0. The molecule has 0 aliphatic carbocycles. The summed E-state index contributed by atoms with van der Waals surface area (Å²) in [6.07, 6.45) is -0.679. The van der Waals surface area contributed by atoms with Gasteiger partial charge in [-0.05, 0) is 45.2 Å². The van der Waals surface area contributed by atoms with Crippen molar-refractivity contribution in [2.75, 3.05) is 26.2 Å². The molecule has 4 fully saturated rings. The monoisotopic (exact) mass is 541 g/mol. The Morgan fingerprint density at radius 2 is 1.97 bits per heavy atom. The quantitative estimate of drug-likeness (QED) is 0.337. The Bertz CT molecular complexity index is 1030. The van der Waals surface area contributed by atoms with Crippen LogP contribution in [-0.2, 0) is 19.2 Å². The molecule has 0 bridgehead atoms. The zero-order valence-electron chi connectivity index (χ0n) is 20.8. The van der Waals surface area contributed by atoms with E-state index in [4.69, 9.17) is 0 Å². The van der Waals surface area contributed by atoms with Crippen molar-refractivity contribution < 1.29 is 33.1 Å². The van der Waals surface area contributed by atoms with Crippen molar-refractivity contribution in [1.82, 2.24) is 25.8 Å². The lowest BCUT2D eigenvalue weighted by Gasteiger charge is -2.47. The first kappa shape index (κ1) is 26.4. The van der Waals surface area contributed by atoms with Crippen molar-refractivity contribution in [3.05, 3.63) is 10.6 Å². The van der Waals surface area contributed by atoms with E-state index in [0.717, 1.165) is 32.5 Å². The molecule has 13 heteroatoms. The smallest absolute Gasteiger partial charge is 0.353 e. The van der Waals surface area contributed by atoms with Crippen molar-refractivity contribution in [1.29, 1.82) is 0 Å². The van der Waals surface area contributed by atoms with Gasteiger partial charge in [0.2, 0.25) is 11.8 Å². The molecule has 0 aromatic carbocycles. The third-order valence-electron chi connectivity index (χ3n) is 8.57. The molecule has 0 spiro atoms. The molecule has 5 aliphatic rings. The number of halogens is 2. The zero-order chi connectivity index (χ0) is 26.6. The third-order valence-corrected chi connectivity index (χ3v) is 10.1. The number of carboxylic acids is 1. The first-order valence-electron chi connectivity index (χ1n) is 12.9. The van der Waals surface area contributed by atoms with Gasteiger partial charge >= 0.3 is 12.4 Å². The van der Waals surface area contributed by atoms with Gasteiger partial charge in [-0.15, -0.1) is 11.8 Å². The first-order valence-corrected chi connectivity index (χ1v) is 13.8. The van der Waals surface area contributed by atoms with Gasteiger partial charge in [0.1, 0.15) is 5.70 Å². The zero-order valence-corrected chi connectivity index (χ0v) is 21.6. The van der Waals surface area contributed by atoms with Gasteiger partial charge in [0, 0.05) is 41.2 Å². The van der Waals surface area contributed by atoms with Gasteiger partial charge in [-0.1, -0.05) is 6.92 Å². The molecule has 10 nitrogen and oxygen atoms in total. The van der Waals surface area contributed by atoms with E-state index in [0.29, 0.717) is 23.8 Å². The van der Waals surface area contributed by atoms with Gasteiger partial charge in [0.15, 0.2) is 0 Å². The summed E-state index contributed by atoms with van der Waals surface area (Å²) < 4.78 is 25.4. The van der Waals surface area contributed by atoms with Gasteiger partial charge in [0.05, 0.1) is 18.0 Å². The van der Waals surface area contributed by atoms with Crippen LogP contribution in [0.3, 0.4) is 0 Å². The average Bonchev–Trinajstić information content (AvgIpc) is 3.55. The van der Waals surface area contributed by atoms with E-state index < -0.39 is 42.2 Å². The predicted octanol–water partition coefficient (Wildman–Crippen LogP) is 0.203. The van der Waals surface area contributed by atoms with Gasteiger partial charge in [0.25, 0.3) is 5.91 Å². The van der Waals surface area contributed by atoms with Crippen LogP contribution in [0.4, 0.5) is 8.78 Å². The summed E-state index contributed by atoms with van der Waals surface area (Å²) in [6, 6.07) is -1.43. The number of carboxylic acid groups (broad SMARTS) is 1. The molecule has 2 unspecified atom stereocenters. The Morgan fingerprint density at radius 1 is 1.22 bits per heavy atom. The average molecular weight is 542 g/mol. The standard InChI is InChI=1S/C24H33F2N5O5S/c1-10-17-16(11(2)29-21(32)20(25)26)23(34)31(17)18(24(35)36)19(10)37-13-7-14(28-9-13)22(33)30-6-4-12-8-27-5-3-15(12)30/h10-17,20,27-28H,3-9H2,1-2H3,(H,29,32)(H,35,36)/t10-,11-,12?,13+,14+,15?,16-,17-/m1/s1. The van der Waals surface area contributed by atoms with Crippen molar-refractivity contribution in [2.45, 2.75) is 69.0 Å². The minimum absolute atomic E-state index is 0.0459. The van der Waals surface area contributed by atoms with E-state index in [2.05, 4.69) is 16.0 Å². The van der Waals surface area contributed by atoms with E-state index in [9.17, 15) is 33.1 Å². The Hall–Kier alpha value is -2.25. The van der Waals surface area contributed by atoms with Crippen molar-refractivity contribution in [2.24, 2.45) is 17.8 Å². The molecular weight excluding hydrogens is 508 g/mol. The fraction of sp³-hybridized carbons (Fsp3) is 0.750. The molecule has 0 saturated carbocycles. The van der Waals surface area contributed by atoms with Crippen LogP contribution in [0.25, 0.3) is 0 Å². The van der Waals surface area contributed by atoms with E-state index in [1.165, 1.54) is 23.6 Å². The first-order chi connectivity index (χ1) is 17.6. The summed E-state index contributed by atoms with van der Waals surface area (Å²) in [5.41, 5.74) is -0.0806. The molecule has 5 heterocycles. The molecule has 37 heavy (non-hydrogen) atoms. The van der Waals surface area contributed by atoms with Gasteiger partial charge in [-0.3, -0.25) is 14.4 Å². The highest BCUT2D eigenvalue weighted by molar-refractivity contribution is 8.03. The lowest BCUT2D eigenvalue weighted by molar-refractivity contribution is -0.159. The number of rotatable bonds is 7. The van der Waals surface area contributed by atoms with E-state index >= 15 is 0 Å². The van der Waals surface area contributed by atoms with E-state index in [1.54, 1.807) is 0 Å². The Balaban J connectivity index is 1.25. The predicted molar refractivity (Wildman–Crippen MR) is 130 cm³/mol. The molecule has 4 saturated heterocycles. The Labute approximate surface area is 217 Å². The highest BCUT2D eigenvalue weighted by Crippen LogP contribution is 2.52. The number of hydrogen-bond donors (Lipinski definition) is 4. The normalized spacial score (nSPS) is 35.9. The lowest BCUT2D eigenvalue weighted by Crippen LogP contribution is -2.66. The number of alkyl halides is 2. The van der Waals surface area contributed by atoms with Crippen LogP contribution in [-0.4, -0.2) is 101 Å². The van der Waals surface area contributed by atoms with Crippen molar-refractivity contribution >= 4 is 35.5 Å². The van der Waals surface area contributed by atoms with E-state index in [1.807, 2.05) is 11.8 Å². The van der Waals surface area contributed by atoms with Crippen molar-refractivity contribution in [3.63, 3.8) is 0 Å². The maximum absolute atomic E-state index is 13.3. The number of likely N-dealkylation sites (tertiary alicyclic amines) is 1. The summed E-state index contributed by atoms with van der Waals surface area (Å²) in [5.74, 6) is -3.69. The largest absolute Gasteiger partial charge is 0.477 e. The number of β-lactam (4-membered cyclic amide) rings is 1. The second-order valence-electron chi connectivity index (χ2n) is 10.7. The third kappa shape index (κ3) is 4.52. The van der Waals surface area contributed by atoms with Crippen molar-refractivity contribution in [3.8, 4) is 0 Å². The molecular formula is C24H33F2N5O5S. The number of aliphatic carboxylic acids is 1. The SMILES string of the molecule is C[C@@H](NC(=O)C(F)F)[C@H]1C(=O)N2C(C(=O)O)=C(S[C@@H]3CN[C@H](C(=O)N4CCC5CNCCC54)C3)[C@H](C)[C@H]12. The molecule has 4 N–H and O–H groups in total. The number of fused-ring (bicyclic) bond motifs is 2. The molecule has 0 aromatic heterocycles. The lowest BCUT2D eigenvalue weighted by atomic mass is 9.78. The highest BCUT2D eigenvalue weighted by Gasteiger charge is 2.60. The summed E-state index contributed by atoms with van der Waals surface area (Å²) in [5, 5.41) is 18.8. The Morgan fingerprint density at radius 3 is 2.68 bits per heavy atom. The minimum Gasteiger partial charge on any atom is -0.477 e. The fourth-order valence-corrected chi connectivity index (χ4v) is 8.27. The summed E-state index contributed by atoms with van der Waals surface area (Å²) in [4.78, 5) is 53.7. The number of hydrogen-bond acceptors (Lipinski definition) is 7. The van der Waals surface area contributed by atoms with E-state index in [-0.39, 0.29) is 34.9 Å². The Kier molecular flexibility index (Phi) is 7.22. The molecule has 5 rings (SSSR count). The van der Waals surface area contributed by atoms with Crippen LogP contribution in [0.2, 0.25) is 0 Å². The van der Waals surface area contributed by atoms with Crippen LogP contribution in [0, 0.1) is 17.8 Å². The number of carbonyl (C=O) groups is 4. The highest BCUT2D eigenvalue weighted by atomic mass is 32.2. The topological polar surface area (TPSA) is 131 Å². The van der Waals surface area contributed by atoms with Crippen LogP contribution < -0.4 is 16.0 Å². The van der Waals surface area contributed by atoms with Crippen LogP contribution in [0.5, 0.6) is 0 Å². The number of nitrogens with one attached hydrogen (secondary N) is 3. The molecule has 204 valence electrons. The molecule has 3 amide bonds. The van der Waals surface area contributed by atoms with Gasteiger partial charge < -0.3 is 30.9 Å². The van der Waals surface area contributed by atoms with Crippen LogP contribution in [0.15, 0.2) is 10.6 Å². The summed E-state index contributed by atoms with van der Waals surface area (Å²) in [6.45, 7) is 6.46. The molecule has 0 radical (unpaired) electrons. The van der Waals surface area contributed by atoms with Gasteiger partial charge in [-0.2, -0.15) is 8.78 Å². The molecule has 8 atom stereocenters. The summed E-state index contributed by atoms with van der Waals surface area (Å²) >= 11 is 1.38. The number of thioether (sulfide) groups is 1. The van der Waals surface area contributed by atoms with Crippen LogP contribution >= 0.6 is 11.8 Å². The molecule has 5 aliphatic heterocycles. The number of carbonyl (C=O) groups excluding carboxylic acids is 3. The number of nitrogens with zero attached hydrogens (tertiary/aromatic N) is 2. The number of amides is 3. The van der Waals surface area contributed by atoms with Crippen LogP contribution in [0.1, 0.15) is 33.1 Å². The second-order valence-corrected chi connectivity index (χ2v) is 12.0. The molecule has 0 aromatic rings. The maximum atomic E-state index is 13.3.